The second kappa shape index (κ2) is 5.53. The number of aldehydes is 1. The van der Waals surface area contributed by atoms with E-state index in [2.05, 4.69) is 19.7 Å². The molecule has 0 aliphatic rings. The SMILES string of the molecule is C=CCC(C=O)(CC=C)CC=C. The summed E-state index contributed by atoms with van der Waals surface area (Å²) in [6.07, 6.45) is 8.35. The van der Waals surface area contributed by atoms with Crippen molar-refractivity contribution in [1.29, 1.82) is 0 Å². The second-order valence-electron chi connectivity index (χ2n) is 2.96. The molecule has 12 heavy (non-hydrogen) atoms. The molecule has 0 fully saturated rings. The van der Waals surface area contributed by atoms with E-state index in [0.717, 1.165) is 6.29 Å². The van der Waals surface area contributed by atoms with Crippen molar-refractivity contribution < 1.29 is 4.79 Å². The summed E-state index contributed by atoms with van der Waals surface area (Å²) in [5, 5.41) is 0. The summed E-state index contributed by atoms with van der Waals surface area (Å²) < 4.78 is 0. The largest absolute Gasteiger partial charge is 0.303 e. The average Bonchev–Trinajstić information content (AvgIpc) is 2.06. The van der Waals surface area contributed by atoms with Gasteiger partial charge in [0.1, 0.15) is 6.29 Å². The van der Waals surface area contributed by atoms with Gasteiger partial charge in [0, 0.05) is 5.41 Å². The summed E-state index contributed by atoms with van der Waals surface area (Å²) in [5.74, 6) is 0. The van der Waals surface area contributed by atoms with Crippen LogP contribution in [0.3, 0.4) is 0 Å². The molecule has 0 unspecified atom stereocenters. The summed E-state index contributed by atoms with van der Waals surface area (Å²) in [4.78, 5) is 10.9. The molecule has 0 aromatic rings. The fourth-order valence-corrected chi connectivity index (χ4v) is 1.26. The van der Waals surface area contributed by atoms with Gasteiger partial charge in [0.2, 0.25) is 0 Å². The molecular formula is C11H16O. The molecule has 0 aromatic heterocycles. The van der Waals surface area contributed by atoms with Gasteiger partial charge in [-0.25, -0.2) is 0 Å². The monoisotopic (exact) mass is 164 g/mol. The molecule has 0 atom stereocenters. The first-order chi connectivity index (χ1) is 5.74. The van der Waals surface area contributed by atoms with Crippen LogP contribution >= 0.6 is 0 Å². The van der Waals surface area contributed by atoms with Crippen molar-refractivity contribution >= 4 is 6.29 Å². The molecule has 0 amide bonds. The van der Waals surface area contributed by atoms with E-state index in [1.807, 2.05) is 0 Å². The molecule has 1 heteroatoms. The van der Waals surface area contributed by atoms with Gasteiger partial charge in [0.25, 0.3) is 0 Å². The van der Waals surface area contributed by atoms with Crippen LogP contribution in [0.15, 0.2) is 38.0 Å². The molecule has 0 rings (SSSR count). The summed E-state index contributed by atoms with van der Waals surface area (Å²) in [6, 6.07) is 0. The third-order valence-electron chi connectivity index (χ3n) is 1.90. The highest BCUT2D eigenvalue weighted by molar-refractivity contribution is 5.60. The highest BCUT2D eigenvalue weighted by Gasteiger charge is 2.24. The normalized spacial score (nSPS) is 10.3. The van der Waals surface area contributed by atoms with E-state index in [9.17, 15) is 4.79 Å². The minimum Gasteiger partial charge on any atom is -0.303 e. The van der Waals surface area contributed by atoms with Crippen LogP contribution < -0.4 is 0 Å². The zero-order chi connectivity index (χ0) is 9.45. The Balaban J connectivity index is 4.45. The lowest BCUT2D eigenvalue weighted by molar-refractivity contribution is -0.115. The van der Waals surface area contributed by atoms with Crippen LogP contribution in [-0.2, 0) is 4.79 Å². The van der Waals surface area contributed by atoms with Crippen molar-refractivity contribution in [2.24, 2.45) is 5.41 Å². The Morgan fingerprint density at radius 3 is 1.42 bits per heavy atom. The van der Waals surface area contributed by atoms with Gasteiger partial charge in [-0.05, 0) is 19.3 Å². The Morgan fingerprint density at radius 1 is 0.917 bits per heavy atom. The van der Waals surface area contributed by atoms with Crippen LogP contribution in [-0.4, -0.2) is 6.29 Å². The molecule has 0 aliphatic carbocycles. The zero-order valence-corrected chi connectivity index (χ0v) is 7.46. The van der Waals surface area contributed by atoms with Crippen LogP contribution in [0.1, 0.15) is 19.3 Å². The molecule has 0 spiro atoms. The number of carbonyl (C=O) groups is 1. The average molecular weight is 164 g/mol. The third-order valence-corrected chi connectivity index (χ3v) is 1.90. The first kappa shape index (κ1) is 10.9. The Labute approximate surface area is 74.5 Å². The van der Waals surface area contributed by atoms with Gasteiger partial charge in [0.05, 0.1) is 0 Å². The third kappa shape index (κ3) is 2.87. The highest BCUT2D eigenvalue weighted by Crippen LogP contribution is 2.29. The summed E-state index contributed by atoms with van der Waals surface area (Å²) in [7, 11) is 0. The summed E-state index contributed by atoms with van der Waals surface area (Å²) in [5.41, 5.74) is -0.342. The van der Waals surface area contributed by atoms with Crippen molar-refractivity contribution in [3.05, 3.63) is 38.0 Å². The molecule has 0 radical (unpaired) electrons. The molecule has 0 bridgehead atoms. The fraction of sp³-hybridized carbons (Fsp3) is 0.364. The molecule has 1 nitrogen and oxygen atoms in total. The quantitative estimate of drug-likeness (QED) is 0.417. The number of rotatable bonds is 7. The molecular weight excluding hydrogens is 148 g/mol. The molecule has 66 valence electrons. The second-order valence-corrected chi connectivity index (χ2v) is 2.96. The van der Waals surface area contributed by atoms with E-state index >= 15 is 0 Å². The maximum atomic E-state index is 10.9. The van der Waals surface area contributed by atoms with Gasteiger partial charge < -0.3 is 4.79 Å². The van der Waals surface area contributed by atoms with Gasteiger partial charge in [0.15, 0.2) is 0 Å². The van der Waals surface area contributed by atoms with Crippen molar-refractivity contribution in [1.82, 2.24) is 0 Å². The Kier molecular flexibility index (Phi) is 5.02. The first-order valence-corrected chi connectivity index (χ1v) is 4.03. The standard InChI is InChI=1S/C11H16O/c1-4-7-11(10-12,8-5-2)9-6-3/h4-6,10H,1-3,7-9H2. The van der Waals surface area contributed by atoms with Gasteiger partial charge in [-0.3, -0.25) is 0 Å². The van der Waals surface area contributed by atoms with Gasteiger partial charge in [-0.2, -0.15) is 0 Å². The van der Waals surface area contributed by atoms with Gasteiger partial charge in [-0.15, -0.1) is 19.7 Å². The Hall–Kier alpha value is -1.11. The Bertz CT molecular complexity index is 153. The van der Waals surface area contributed by atoms with Crippen LogP contribution in [0, 0.1) is 5.41 Å². The van der Waals surface area contributed by atoms with Crippen molar-refractivity contribution in [3.63, 3.8) is 0 Å². The number of allylic oxidation sites excluding steroid dienone is 3. The van der Waals surface area contributed by atoms with Crippen LogP contribution in [0.5, 0.6) is 0 Å². The van der Waals surface area contributed by atoms with E-state index in [1.165, 1.54) is 0 Å². The van der Waals surface area contributed by atoms with Gasteiger partial charge in [-0.1, -0.05) is 18.2 Å². The lowest BCUT2D eigenvalue weighted by atomic mass is 9.80. The van der Waals surface area contributed by atoms with Crippen molar-refractivity contribution in [2.75, 3.05) is 0 Å². The van der Waals surface area contributed by atoms with E-state index in [4.69, 9.17) is 0 Å². The zero-order valence-electron chi connectivity index (χ0n) is 7.46. The minimum atomic E-state index is -0.342. The molecule has 0 saturated heterocycles. The molecule has 0 aliphatic heterocycles. The van der Waals surface area contributed by atoms with Crippen LogP contribution in [0.2, 0.25) is 0 Å². The van der Waals surface area contributed by atoms with E-state index in [1.54, 1.807) is 18.2 Å². The van der Waals surface area contributed by atoms with Crippen LogP contribution in [0.4, 0.5) is 0 Å². The lowest BCUT2D eigenvalue weighted by Gasteiger charge is -2.23. The Morgan fingerprint density at radius 2 is 1.25 bits per heavy atom. The van der Waals surface area contributed by atoms with Crippen LogP contribution in [0.25, 0.3) is 0 Å². The minimum absolute atomic E-state index is 0.342. The van der Waals surface area contributed by atoms with Crippen molar-refractivity contribution in [3.8, 4) is 0 Å². The van der Waals surface area contributed by atoms with E-state index in [-0.39, 0.29) is 5.41 Å². The number of carbonyl (C=O) groups excluding carboxylic acids is 1. The van der Waals surface area contributed by atoms with Crippen molar-refractivity contribution in [2.45, 2.75) is 19.3 Å². The smallest absolute Gasteiger partial charge is 0.127 e. The first-order valence-electron chi connectivity index (χ1n) is 4.03. The summed E-state index contributed by atoms with van der Waals surface area (Å²) >= 11 is 0. The molecule has 0 heterocycles. The maximum Gasteiger partial charge on any atom is 0.127 e. The molecule has 0 aromatic carbocycles. The van der Waals surface area contributed by atoms with E-state index in [0.29, 0.717) is 19.3 Å². The topological polar surface area (TPSA) is 17.1 Å². The maximum absolute atomic E-state index is 10.9. The molecule has 0 saturated carbocycles. The number of hydrogen-bond acceptors (Lipinski definition) is 1. The highest BCUT2D eigenvalue weighted by atomic mass is 16.1. The molecule has 0 N–H and O–H groups in total. The fourth-order valence-electron chi connectivity index (χ4n) is 1.26. The van der Waals surface area contributed by atoms with E-state index < -0.39 is 0 Å². The number of hydrogen-bond donors (Lipinski definition) is 0. The predicted molar refractivity (Wildman–Crippen MR) is 52.9 cm³/mol. The lowest BCUT2D eigenvalue weighted by Crippen LogP contribution is -2.20. The van der Waals surface area contributed by atoms with Gasteiger partial charge >= 0.3 is 0 Å². The summed E-state index contributed by atoms with van der Waals surface area (Å²) in [6.45, 7) is 10.9. The predicted octanol–water partition coefficient (Wildman–Crippen LogP) is 2.90.